The monoisotopic (exact) mass is 400 g/mol. The molecule has 1 heterocycles. The van der Waals surface area contributed by atoms with Crippen molar-refractivity contribution in [2.24, 2.45) is 0 Å². The smallest absolute Gasteiger partial charge is 0.261 e. The van der Waals surface area contributed by atoms with Crippen LogP contribution in [0.3, 0.4) is 0 Å². The fourth-order valence-electron chi connectivity index (χ4n) is 2.80. The zero-order valence-corrected chi connectivity index (χ0v) is 16.0. The van der Waals surface area contributed by atoms with Crippen LogP contribution in [0.1, 0.15) is 11.1 Å². The predicted molar refractivity (Wildman–Crippen MR) is 99.3 cm³/mol. The van der Waals surface area contributed by atoms with Crippen LogP contribution in [0.5, 0.6) is 0 Å². The predicted octanol–water partition coefficient (Wildman–Crippen LogP) is 2.77. The van der Waals surface area contributed by atoms with Gasteiger partial charge in [0.15, 0.2) is 0 Å². The maximum Gasteiger partial charge on any atom is 0.261 e. The average molecular weight is 401 g/mol. The van der Waals surface area contributed by atoms with E-state index >= 15 is 0 Å². The van der Waals surface area contributed by atoms with Crippen molar-refractivity contribution < 1.29 is 16.8 Å². The Hall–Kier alpha value is -1.77. The van der Waals surface area contributed by atoms with Crippen LogP contribution in [0.25, 0.3) is 0 Å². The van der Waals surface area contributed by atoms with Gasteiger partial charge in [-0.3, -0.25) is 9.03 Å². The topological polar surface area (TPSA) is 83.6 Å². The zero-order chi connectivity index (χ0) is 18.4. The third kappa shape index (κ3) is 3.61. The van der Waals surface area contributed by atoms with Crippen molar-refractivity contribution in [3.63, 3.8) is 0 Å². The molecule has 0 bridgehead atoms. The first-order valence-electron chi connectivity index (χ1n) is 7.47. The fraction of sp³-hybridized carbons (Fsp3) is 0.250. The lowest BCUT2D eigenvalue weighted by Crippen LogP contribution is -2.27. The van der Waals surface area contributed by atoms with Gasteiger partial charge in [-0.05, 0) is 60.9 Å². The molecule has 25 heavy (non-hydrogen) atoms. The number of sulfonamides is 2. The summed E-state index contributed by atoms with van der Waals surface area (Å²) in [6.45, 7) is 2.08. The second-order valence-corrected chi connectivity index (χ2v) is 9.97. The van der Waals surface area contributed by atoms with Gasteiger partial charge in [-0.25, -0.2) is 16.8 Å². The van der Waals surface area contributed by atoms with Crippen molar-refractivity contribution >= 4 is 43.0 Å². The first-order valence-corrected chi connectivity index (χ1v) is 11.2. The molecule has 1 N–H and O–H groups in total. The summed E-state index contributed by atoms with van der Waals surface area (Å²) < 4.78 is 52.7. The number of hydrogen-bond acceptors (Lipinski definition) is 4. The van der Waals surface area contributed by atoms with Gasteiger partial charge in [0.2, 0.25) is 10.0 Å². The summed E-state index contributed by atoms with van der Waals surface area (Å²) in [4.78, 5) is 0.0935. The summed E-state index contributed by atoms with van der Waals surface area (Å²) in [6.07, 6.45) is 1.61. The van der Waals surface area contributed by atoms with E-state index in [4.69, 9.17) is 11.6 Å². The van der Waals surface area contributed by atoms with Gasteiger partial charge in [0, 0.05) is 11.6 Å². The normalized spacial score (nSPS) is 14.4. The van der Waals surface area contributed by atoms with Gasteiger partial charge in [-0.1, -0.05) is 11.6 Å². The molecule has 0 spiro atoms. The van der Waals surface area contributed by atoms with Crippen LogP contribution in [-0.4, -0.2) is 29.6 Å². The average Bonchev–Trinajstić information content (AvgIpc) is 2.93. The molecule has 6 nitrogen and oxygen atoms in total. The highest BCUT2D eigenvalue weighted by Gasteiger charge is 2.28. The van der Waals surface area contributed by atoms with Gasteiger partial charge < -0.3 is 0 Å². The van der Waals surface area contributed by atoms with Crippen LogP contribution < -0.4 is 9.03 Å². The molecule has 0 amide bonds. The highest BCUT2D eigenvalue weighted by Crippen LogP contribution is 2.32. The lowest BCUT2D eigenvalue weighted by atomic mass is 10.2. The van der Waals surface area contributed by atoms with Gasteiger partial charge in [-0.2, -0.15) is 0 Å². The molecule has 9 heteroatoms. The van der Waals surface area contributed by atoms with Gasteiger partial charge in [0.05, 0.1) is 22.5 Å². The van der Waals surface area contributed by atoms with Crippen LogP contribution in [0.2, 0.25) is 5.02 Å². The maximum absolute atomic E-state index is 12.6. The number of rotatable bonds is 4. The third-order valence-corrected chi connectivity index (χ3v) is 6.83. The highest BCUT2D eigenvalue weighted by atomic mass is 35.5. The van der Waals surface area contributed by atoms with E-state index in [0.29, 0.717) is 40.5 Å². The van der Waals surface area contributed by atoms with Gasteiger partial charge in [-0.15, -0.1) is 0 Å². The van der Waals surface area contributed by atoms with Gasteiger partial charge >= 0.3 is 0 Å². The van der Waals surface area contributed by atoms with Gasteiger partial charge in [0.25, 0.3) is 10.0 Å². The molecule has 0 saturated carbocycles. The lowest BCUT2D eigenvalue weighted by Gasteiger charge is -2.17. The molecule has 2 aromatic rings. The molecule has 0 fully saturated rings. The minimum absolute atomic E-state index is 0.0935. The SMILES string of the molecule is Cc1cc(Cl)ccc1NS(=O)(=O)c1ccc2c(c1)CCN2S(C)(=O)=O. The number of halogens is 1. The first-order chi connectivity index (χ1) is 11.6. The number of fused-ring (bicyclic) bond motifs is 1. The summed E-state index contributed by atoms with van der Waals surface area (Å²) in [5.74, 6) is 0. The van der Waals surface area contributed by atoms with E-state index in [1.54, 1.807) is 25.1 Å². The summed E-state index contributed by atoms with van der Waals surface area (Å²) in [5.41, 5.74) is 2.38. The second kappa shape index (κ2) is 6.19. The summed E-state index contributed by atoms with van der Waals surface area (Å²) in [7, 11) is -7.15. The summed E-state index contributed by atoms with van der Waals surface area (Å²) in [5, 5.41) is 0.527. The Morgan fingerprint density at radius 1 is 1.08 bits per heavy atom. The van der Waals surface area contributed by atoms with Crippen molar-refractivity contribution in [2.75, 3.05) is 21.8 Å². The molecule has 1 aliphatic rings. The van der Waals surface area contributed by atoms with E-state index in [0.717, 1.165) is 6.26 Å². The van der Waals surface area contributed by atoms with Crippen LogP contribution >= 0.6 is 11.6 Å². The van der Waals surface area contributed by atoms with Crippen molar-refractivity contribution in [2.45, 2.75) is 18.2 Å². The minimum atomic E-state index is -3.78. The molecule has 0 atom stereocenters. The maximum atomic E-state index is 12.6. The standard InChI is InChI=1S/C16H17ClN2O4S2/c1-11-9-13(17)3-5-15(11)18-25(22,23)14-4-6-16-12(10-14)7-8-19(16)24(2,20)21/h3-6,9-10,18H,7-8H2,1-2H3. The Morgan fingerprint density at radius 3 is 2.44 bits per heavy atom. The first kappa shape index (κ1) is 18.0. The second-order valence-electron chi connectivity index (χ2n) is 5.94. The van der Waals surface area contributed by atoms with Crippen LogP contribution in [-0.2, 0) is 26.5 Å². The molecule has 1 aliphatic heterocycles. The Morgan fingerprint density at radius 2 is 1.80 bits per heavy atom. The number of nitrogens with zero attached hydrogens (tertiary/aromatic N) is 1. The quantitative estimate of drug-likeness (QED) is 0.855. The molecule has 3 rings (SSSR count). The Bertz CT molecular complexity index is 1050. The number of benzene rings is 2. The number of anilines is 2. The van der Waals surface area contributed by atoms with Gasteiger partial charge in [0.1, 0.15) is 0 Å². The molecule has 0 radical (unpaired) electrons. The van der Waals surface area contributed by atoms with Crippen LogP contribution in [0, 0.1) is 6.92 Å². The molecule has 0 unspecified atom stereocenters. The largest absolute Gasteiger partial charge is 0.279 e. The molecule has 0 saturated heterocycles. The van der Waals surface area contributed by atoms with Crippen LogP contribution in [0.15, 0.2) is 41.3 Å². The van der Waals surface area contributed by atoms with E-state index in [2.05, 4.69) is 4.72 Å². The van der Waals surface area contributed by atoms with E-state index in [-0.39, 0.29) is 4.90 Å². The molecule has 2 aromatic carbocycles. The molecular formula is C16H17ClN2O4S2. The number of nitrogens with one attached hydrogen (secondary N) is 1. The zero-order valence-electron chi connectivity index (χ0n) is 13.7. The summed E-state index contributed by atoms with van der Waals surface area (Å²) in [6, 6.07) is 9.36. The van der Waals surface area contributed by atoms with E-state index in [1.165, 1.54) is 22.5 Å². The van der Waals surface area contributed by atoms with E-state index < -0.39 is 20.0 Å². The number of aryl methyl sites for hydroxylation is 1. The van der Waals surface area contributed by atoms with Crippen molar-refractivity contribution in [1.29, 1.82) is 0 Å². The van der Waals surface area contributed by atoms with Crippen LogP contribution in [0.4, 0.5) is 11.4 Å². The Labute approximate surface area is 152 Å². The lowest BCUT2D eigenvalue weighted by molar-refractivity contribution is 0.597. The van der Waals surface area contributed by atoms with E-state index in [9.17, 15) is 16.8 Å². The number of hydrogen-bond donors (Lipinski definition) is 1. The Kier molecular flexibility index (Phi) is 4.47. The highest BCUT2D eigenvalue weighted by molar-refractivity contribution is 7.92. The third-order valence-electron chi connectivity index (χ3n) is 4.05. The van der Waals surface area contributed by atoms with Crippen molar-refractivity contribution in [3.8, 4) is 0 Å². The van der Waals surface area contributed by atoms with Crippen molar-refractivity contribution in [1.82, 2.24) is 0 Å². The fourth-order valence-corrected chi connectivity index (χ4v) is 5.17. The molecular weight excluding hydrogens is 384 g/mol. The Balaban J connectivity index is 1.94. The molecule has 0 aliphatic carbocycles. The van der Waals surface area contributed by atoms with E-state index in [1.807, 2.05) is 0 Å². The van der Waals surface area contributed by atoms with Crippen molar-refractivity contribution in [3.05, 3.63) is 52.5 Å². The minimum Gasteiger partial charge on any atom is -0.279 e. The summed E-state index contributed by atoms with van der Waals surface area (Å²) >= 11 is 5.89. The molecule has 134 valence electrons. The molecule has 0 aromatic heterocycles.